The Morgan fingerprint density at radius 2 is 1.92 bits per heavy atom. The molecule has 1 unspecified atom stereocenters. The zero-order valence-electron chi connectivity index (χ0n) is 12.5. The fourth-order valence-corrected chi connectivity index (χ4v) is 2.65. The molecule has 128 valence electrons. The van der Waals surface area contributed by atoms with Gasteiger partial charge in [-0.15, -0.1) is 12.4 Å². The van der Waals surface area contributed by atoms with Crippen LogP contribution in [-0.2, 0) is 12.6 Å². The number of nitrogens with two attached hydrogens (primary N) is 1. The second kappa shape index (κ2) is 6.78. The van der Waals surface area contributed by atoms with Crippen LogP contribution >= 0.6 is 12.4 Å². The van der Waals surface area contributed by atoms with Crippen LogP contribution in [0, 0.1) is 0 Å². The number of pyridine rings is 1. The van der Waals surface area contributed by atoms with E-state index in [-0.39, 0.29) is 24.1 Å². The molecule has 2 N–H and O–H groups in total. The highest BCUT2D eigenvalue weighted by atomic mass is 35.5. The first-order chi connectivity index (χ1) is 10.9. The molecule has 2 aromatic rings. The van der Waals surface area contributed by atoms with E-state index in [1.807, 2.05) is 12.1 Å². The van der Waals surface area contributed by atoms with Crippen LogP contribution < -0.4 is 10.6 Å². The van der Waals surface area contributed by atoms with E-state index in [9.17, 15) is 18.0 Å². The number of benzene rings is 1. The molecule has 4 nitrogen and oxygen atoms in total. The molecule has 1 aliphatic heterocycles. The Bertz CT molecular complexity index is 734. The van der Waals surface area contributed by atoms with Crippen molar-refractivity contribution in [2.75, 3.05) is 11.4 Å². The van der Waals surface area contributed by atoms with E-state index < -0.39 is 17.6 Å². The standard InChI is InChI=1S/C16H14F3N3O.ClH/c17-16(18,19)11-5-6-13(21-8-11)15(23)22-9-12(20)7-10-3-1-2-4-14(10)22;/h1-6,8,12H,7,9,20H2;1H. The van der Waals surface area contributed by atoms with Gasteiger partial charge in [0, 0.05) is 24.5 Å². The summed E-state index contributed by atoms with van der Waals surface area (Å²) in [5, 5.41) is 0. The van der Waals surface area contributed by atoms with E-state index in [0.717, 1.165) is 23.4 Å². The average molecular weight is 358 g/mol. The molecule has 0 fully saturated rings. The first kappa shape index (κ1) is 18.2. The van der Waals surface area contributed by atoms with Gasteiger partial charge in [-0.2, -0.15) is 13.2 Å². The predicted molar refractivity (Wildman–Crippen MR) is 86.3 cm³/mol. The average Bonchev–Trinajstić information content (AvgIpc) is 2.52. The lowest BCUT2D eigenvalue weighted by Crippen LogP contribution is -2.46. The third-order valence-electron chi connectivity index (χ3n) is 3.74. The molecule has 0 saturated carbocycles. The fourth-order valence-electron chi connectivity index (χ4n) is 2.65. The van der Waals surface area contributed by atoms with Gasteiger partial charge in [0.15, 0.2) is 0 Å². The number of rotatable bonds is 1. The maximum absolute atomic E-state index is 12.6. The molecule has 1 aromatic heterocycles. The minimum atomic E-state index is -4.48. The molecule has 1 amide bonds. The number of hydrogen-bond acceptors (Lipinski definition) is 3. The Labute approximate surface area is 142 Å². The Morgan fingerprint density at radius 1 is 1.21 bits per heavy atom. The smallest absolute Gasteiger partial charge is 0.326 e. The highest BCUT2D eigenvalue weighted by molar-refractivity contribution is 6.05. The number of para-hydroxylation sites is 1. The molecule has 1 aliphatic rings. The zero-order valence-corrected chi connectivity index (χ0v) is 13.3. The summed E-state index contributed by atoms with van der Waals surface area (Å²) in [7, 11) is 0. The Kier molecular flexibility index (Phi) is 5.15. The van der Waals surface area contributed by atoms with Crippen molar-refractivity contribution in [3.63, 3.8) is 0 Å². The molecule has 1 aromatic carbocycles. The number of halogens is 4. The van der Waals surface area contributed by atoms with Crippen molar-refractivity contribution in [1.82, 2.24) is 4.98 Å². The van der Waals surface area contributed by atoms with E-state index in [0.29, 0.717) is 19.2 Å². The maximum atomic E-state index is 12.6. The second-order valence-corrected chi connectivity index (χ2v) is 5.44. The third kappa shape index (κ3) is 3.52. The van der Waals surface area contributed by atoms with E-state index >= 15 is 0 Å². The molecule has 0 bridgehead atoms. The third-order valence-corrected chi connectivity index (χ3v) is 3.74. The summed E-state index contributed by atoms with van der Waals surface area (Å²) < 4.78 is 37.7. The monoisotopic (exact) mass is 357 g/mol. The van der Waals surface area contributed by atoms with Crippen LogP contribution in [0.4, 0.5) is 18.9 Å². The zero-order chi connectivity index (χ0) is 16.6. The Hall–Kier alpha value is -2.12. The van der Waals surface area contributed by atoms with Gasteiger partial charge in [-0.3, -0.25) is 9.78 Å². The summed E-state index contributed by atoms with van der Waals surface area (Å²) in [4.78, 5) is 17.7. The van der Waals surface area contributed by atoms with Crippen molar-refractivity contribution < 1.29 is 18.0 Å². The number of alkyl halides is 3. The summed E-state index contributed by atoms with van der Waals surface area (Å²) in [6.07, 6.45) is -3.15. The van der Waals surface area contributed by atoms with Crippen LogP contribution in [0.5, 0.6) is 0 Å². The van der Waals surface area contributed by atoms with Gasteiger partial charge < -0.3 is 10.6 Å². The minimum Gasteiger partial charge on any atom is -0.326 e. The van der Waals surface area contributed by atoms with E-state index in [4.69, 9.17) is 5.73 Å². The Morgan fingerprint density at radius 3 is 2.54 bits per heavy atom. The van der Waals surface area contributed by atoms with Gasteiger partial charge in [0.1, 0.15) is 5.69 Å². The first-order valence-electron chi connectivity index (χ1n) is 7.05. The number of anilines is 1. The molecule has 8 heteroatoms. The van der Waals surface area contributed by atoms with Crippen molar-refractivity contribution in [2.24, 2.45) is 5.73 Å². The molecule has 3 rings (SSSR count). The summed E-state index contributed by atoms with van der Waals surface area (Å²) in [6.45, 7) is 0.304. The normalized spacial score (nSPS) is 17.0. The van der Waals surface area contributed by atoms with Crippen LogP contribution in [0.15, 0.2) is 42.6 Å². The summed E-state index contributed by atoms with van der Waals surface area (Å²) in [6, 6.07) is 9.07. The van der Waals surface area contributed by atoms with E-state index in [1.54, 1.807) is 12.1 Å². The highest BCUT2D eigenvalue weighted by Crippen LogP contribution is 2.30. The molecule has 0 radical (unpaired) electrons. The number of carbonyl (C=O) groups is 1. The lowest BCUT2D eigenvalue weighted by molar-refractivity contribution is -0.137. The summed E-state index contributed by atoms with van der Waals surface area (Å²) >= 11 is 0. The molecule has 2 heterocycles. The number of fused-ring (bicyclic) bond motifs is 1. The van der Waals surface area contributed by atoms with Gasteiger partial charge in [-0.05, 0) is 30.2 Å². The highest BCUT2D eigenvalue weighted by Gasteiger charge is 2.32. The van der Waals surface area contributed by atoms with Crippen molar-refractivity contribution in [3.05, 3.63) is 59.4 Å². The largest absolute Gasteiger partial charge is 0.417 e. The van der Waals surface area contributed by atoms with Gasteiger partial charge >= 0.3 is 6.18 Å². The number of hydrogen-bond donors (Lipinski definition) is 1. The van der Waals surface area contributed by atoms with Gasteiger partial charge in [-0.25, -0.2) is 0 Å². The van der Waals surface area contributed by atoms with Crippen molar-refractivity contribution in [2.45, 2.75) is 18.6 Å². The fraction of sp³-hybridized carbons (Fsp3) is 0.250. The topological polar surface area (TPSA) is 59.2 Å². The molecule has 0 aliphatic carbocycles. The molecule has 24 heavy (non-hydrogen) atoms. The SMILES string of the molecule is Cl.NC1Cc2ccccc2N(C(=O)c2ccc(C(F)(F)F)cn2)C1. The molecular weight excluding hydrogens is 343 g/mol. The second-order valence-electron chi connectivity index (χ2n) is 5.44. The molecule has 1 atom stereocenters. The minimum absolute atomic E-state index is 0. The van der Waals surface area contributed by atoms with Gasteiger partial charge in [0.05, 0.1) is 5.56 Å². The van der Waals surface area contributed by atoms with Crippen LogP contribution in [0.1, 0.15) is 21.6 Å². The lowest BCUT2D eigenvalue weighted by Gasteiger charge is -2.32. The van der Waals surface area contributed by atoms with Crippen molar-refractivity contribution in [3.8, 4) is 0 Å². The van der Waals surface area contributed by atoms with Gasteiger partial charge in [0.25, 0.3) is 5.91 Å². The molecule has 0 spiro atoms. The van der Waals surface area contributed by atoms with Crippen LogP contribution in [0.3, 0.4) is 0 Å². The lowest BCUT2D eigenvalue weighted by atomic mass is 9.98. The summed E-state index contributed by atoms with van der Waals surface area (Å²) in [5.41, 5.74) is 6.71. The van der Waals surface area contributed by atoms with Crippen LogP contribution in [0.2, 0.25) is 0 Å². The molecule has 0 saturated heterocycles. The van der Waals surface area contributed by atoms with Crippen molar-refractivity contribution in [1.29, 1.82) is 0 Å². The van der Waals surface area contributed by atoms with E-state index in [2.05, 4.69) is 4.98 Å². The quantitative estimate of drug-likeness (QED) is 0.853. The van der Waals surface area contributed by atoms with Crippen LogP contribution in [-0.4, -0.2) is 23.5 Å². The van der Waals surface area contributed by atoms with Crippen molar-refractivity contribution >= 4 is 24.0 Å². The maximum Gasteiger partial charge on any atom is 0.417 e. The van der Waals surface area contributed by atoms with E-state index in [1.165, 1.54) is 4.90 Å². The summed E-state index contributed by atoms with van der Waals surface area (Å²) in [5.74, 6) is -0.457. The van der Waals surface area contributed by atoms with Gasteiger partial charge in [0.2, 0.25) is 0 Å². The van der Waals surface area contributed by atoms with Gasteiger partial charge in [-0.1, -0.05) is 18.2 Å². The number of carbonyl (C=O) groups excluding carboxylic acids is 1. The van der Waals surface area contributed by atoms with Crippen LogP contribution in [0.25, 0.3) is 0 Å². The predicted octanol–water partition coefficient (Wildman–Crippen LogP) is 3.05. The number of aromatic nitrogens is 1. The Balaban J connectivity index is 0.00000208. The molecular formula is C16H15ClF3N3O. The number of nitrogens with zero attached hydrogens (tertiary/aromatic N) is 2. The number of amides is 1. The first-order valence-corrected chi connectivity index (χ1v) is 7.05.